The molecule has 1 saturated carbocycles. The van der Waals surface area contributed by atoms with Crippen molar-refractivity contribution in [2.75, 3.05) is 6.61 Å². The number of aryl methyl sites for hydroxylation is 1. The number of benzene rings is 1. The van der Waals surface area contributed by atoms with Crippen LogP contribution in [0.1, 0.15) is 51.0 Å². The van der Waals surface area contributed by atoms with Crippen molar-refractivity contribution in [2.24, 2.45) is 0 Å². The van der Waals surface area contributed by atoms with Crippen LogP contribution in [0.5, 0.6) is 5.75 Å². The third-order valence-corrected chi connectivity index (χ3v) is 4.25. The Bertz CT molecular complexity index is 592. The van der Waals surface area contributed by atoms with Crippen molar-refractivity contribution in [3.05, 3.63) is 29.8 Å². The Morgan fingerprint density at radius 2 is 1.76 bits per heavy atom. The lowest BCUT2D eigenvalue weighted by atomic mass is 9.96. The number of urea groups is 1. The number of amides is 3. The quantitative estimate of drug-likeness (QED) is 0.795. The van der Waals surface area contributed by atoms with Crippen LogP contribution in [0.15, 0.2) is 24.3 Å². The molecule has 1 aromatic carbocycles. The smallest absolute Gasteiger partial charge is 0.321 e. The number of Topliss-reactive ketones (excluding diaryl/α,β-unsaturated/α-hetero) is 1. The molecule has 0 spiro atoms. The number of carbonyl (C=O) groups excluding carboxylic acids is 3. The second kappa shape index (κ2) is 9.81. The zero-order valence-electron chi connectivity index (χ0n) is 14.7. The van der Waals surface area contributed by atoms with Gasteiger partial charge in [-0.05, 0) is 43.9 Å². The molecule has 2 rings (SSSR count). The number of imide groups is 1. The first-order valence-electron chi connectivity index (χ1n) is 8.84. The van der Waals surface area contributed by atoms with Gasteiger partial charge in [0.25, 0.3) is 5.91 Å². The lowest BCUT2D eigenvalue weighted by Gasteiger charge is -2.22. The molecule has 0 saturated heterocycles. The van der Waals surface area contributed by atoms with E-state index in [-0.39, 0.29) is 18.4 Å². The van der Waals surface area contributed by atoms with Gasteiger partial charge in [-0.25, -0.2) is 4.79 Å². The molecule has 1 aliphatic rings. The Labute approximate surface area is 148 Å². The van der Waals surface area contributed by atoms with Crippen molar-refractivity contribution in [2.45, 2.75) is 57.9 Å². The van der Waals surface area contributed by atoms with Gasteiger partial charge < -0.3 is 14.8 Å². The largest absolute Gasteiger partial charge is 0.484 e. The van der Waals surface area contributed by atoms with Gasteiger partial charge in [-0.3, -0.25) is 10.1 Å². The molecule has 2 N–H and O–H groups in total. The van der Waals surface area contributed by atoms with Crippen molar-refractivity contribution in [1.82, 2.24) is 10.6 Å². The molecule has 0 aliphatic heterocycles. The summed E-state index contributed by atoms with van der Waals surface area (Å²) in [6.45, 7) is 1.35. The van der Waals surface area contributed by atoms with Gasteiger partial charge in [-0.2, -0.15) is 0 Å². The summed E-state index contributed by atoms with van der Waals surface area (Å²) in [6.07, 6.45) is 6.58. The molecule has 136 valence electrons. The minimum Gasteiger partial charge on any atom is -0.484 e. The zero-order chi connectivity index (χ0) is 18.1. The summed E-state index contributed by atoms with van der Waals surface area (Å²) in [6, 6.07) is 6.94. The van der Waals surface area contributed by atoms with Crippen LogP contribution < -0.4 is 15.4 Å². The summed E-state index contributed by atoms with van der Waals surface area (Å²) in [5.41, 5.74) is 1.04. The van der Waals surface area contributed by atoms with E-state index in [0.717, 1.165) is 31.2 Å². The zero-order valence-corrected chi connectivity index (χ0v) is 14.7. The maximum absolute atomic E-state index is 11.8. The molecule has 0 radical (unpaired) electrons. The van der Waals surface area contributed by atoms with Crippen molar-refractivity contribution >= 4 is 17.7 Å². The normalized spacial score (nSPS) is 14.6. The fourth-order valence-electron chi connectivity index (χ4n) is 2.85. The summed E-state index contributed by atoms with van der Waals surface area (Å²) in [5.74, 6) is 0.229. The van der Waals surface area contributed by atoms with E-state index in [4.69, 9.17) is 4.74 Å². The fourth-order valence-corrected chi connectivity index (χ4v) is 2.85. The highest BCUT2D eigenvalue weighted by molar-refractivity contribution is 5.95. The lowest BCUT2D eigenvalue weighted by Crippen LogP contribution is -2.46. The van der Waals surface area contributed by atoms with E-state index in [1.165, 1.54) is 6.42 Å². The van der Waals surface area contributed by atoms with Crippen molar-refractivity contribution in [3.8, 4) is 5.75 Å². The molecule has 3 amide bonds. The average molecular weight is 346 g/mol. The van der Waals surface area contributed by atoms with Crippen LogP contribution in [0.4, 0.5) is 4.79 Å². The third-order valence-electron chi connectivity index (χ3n) is 4.25. The first-order chi connectivity index (χ1) is 12.0. The van der Waals surface area contributed by atoms with Crippen molar-refractivity contribution in [1.29, 1.82) is 0 Å². The standard InChI is InChI=1S/C19H26N2O4/c1-14(22)7-8-15-9-11-17(12-10-15)25-13-18(23)21-19(24)20-16-5-3-2-4-6-16/h9-12,16H,2-8,13H2,1H3,(H2,20,21,23,24). The predicted octanol–water partition coefficient (Wildman–Crippen LogP) is 2.75. The average Bonchev–Trinajstić information content (AvgIpc) is 2.59. The molecular weight excluding hydrogens is 320 g/mol. The van der Waals surface area contributed by atoms with Gasteiger partial charge in [0.05, 0.1) is 0 Å². The van der Waals surface area contributed by atoms with Gasteiger partial charge in [-0.15, -0.1) is 0 Å². The molecular formula is C19H26N2O4. The molecule has 0 unspecified atom stereocenters. The predicted molar refractivity (Wildman–Crippen MR) is 94.5 cm³/mol. The Hall–Kier alpha value is -2.37. The van der Waals surface area contributed by atoms with E-state index in [1.54, 1.807) is 19.1 Å². The summed E-state index contributed by atoms with van der Waals surface area (Å²) in [7, 11) is 0. The summed E-state index contributed by atoms with van der Waals surface area (Å²) in [4.78, 5) is 34.5. The van der Waals surface area contributed by atoms with Gasteiger partial charge in [0, 0.05) is 12.5 Å². The van der Waals surface area contributed by atoms with Crippen LogP contribution >= 0.6 is 0 Å². The third kappa shape index (κ3) is 7.37. The van der Waals surface area contributed by atoms with E-state index in [2.05, 4.69) is 10.6 Å². The van der Waals surface area contributed by atoms with Gasteiger partial charge >= 0.3 is 6.03 Å². The van der Waals surface area contributed by atoms with Crippen LogP contribution in [0.25, 0.3) is 0 Å². The summed E-state index contributed by atoms with van der Waals surface area (Å²) in [5, 5.41) is 5.11. The molecule has 6 heteroatoms. The monoisotopic (exact) mass is 346 g/mol. The first-order valence-corrected chi connectivity index (χ1v) is 8.84. The Morgan fingerprint density at radius 3 is 2.40 bits per heavy atom. The first kappa shape index (κ1) is 19.0. The van der Waals surface area contributed by atoms with E-state index < -0.39 is 11.9 Å². The highest BCUT2D eigenvalue weighted by Gasteiger charge is 2.17. The summed E-state index contributed by atoms with van der Waals surface area (Å²) < 4.78 is 5.38. The number of ether oxygens (including phenoxy) is 1. The van der Waals surface area contributed by atoms with Crippen LogP contribution in [0.2, 0.25) is 0 Å². The van der Waals surface area contributed by atoms with Crippen LogP contribution in [-0.2, 0) is 16.0 Å². The van der Waals surface area contributed by atoms with Gasteiger partial charge in [0.2, 0.25) is 0 Å². The van der Waals surface area contributed by atoms with Crippen LogP contribution in [-0.4, -0.2) is 30.4 Å². The second-order valence-corrected chi connectivity index (χ2v) is 6.49. The lowest BCUT2D eigenvalue weighted by molar-refractivity contribution is -0.122. The number of rotatable bonds is 7. The molecule has 1 fully saturated rings. The van der Waals surface area contributed by atoms with E-state index in [0.29, 0.717) is 18.6 Å². The van der Waals surface area contributed by atoms with Gasteiger partial charge in [-0.1, -0.05) is 31.4 Å². The van der Waals surface area contributed by atoms with Gasteiger partial charge in [0.1, 0.15) is 11.5 Å². The van der Waals surface area contributed by atoms with Crippen molar-refractivity contribution < 1.29 is 19.1 Å². The van der Waals surface area contributed by atoms with Gasteiger partial charge in [0.15, 0.2) is 6.61 Å². The number of ketones is 1. The number of hydrogen-bond donors (Lipinski definition) is 2. The second-order valence-electron chi connectivity index (χ2n) is 6.49. The van der Waals surface area contributed by atoms with Crippen LogP contribution in [0, 0.1) is 0 Å². The highest BCUT2D eigenvalue weighted by Crippen LogP contribution is 2.17. The molecule has 0 aromatic heterocycles. The molecule has 1 aliphatic carbocycles. The number of carbonyl (C=O) groups is 3. The number of nitrogens with one attached hydrogen (secondary N) is 2. The fraction of sp³-hybridized carbons (Fsp3) is 0.526. The minimum atomic E-state index is -0.478. The van der Waals surface area contributed by atoms with E-state index in [9.17, 15) is 14.4 Å². The van der Waals surface area contributed by atoms with E-state index in [1.807, 2.05) is 12.1 Å². The highest BCUT2D eigenvalue weighted by atomic mass is 16.5. The molecule has 25 heavy (non-hydrogen) atoms. The molecule has 1 aromatic rings. The van der Waals surface area contributed by atoms with Crippen LogP contribution in [0.3, 0.4) is 0 Å². The van der Waals surface area contributed by atoms with Crippen molar-refractivity contribution in [3.63, 3.8) is 0 Å². The topological polar surface area (TPSA) is 84.5 Å². The molecule has 0 atom stereocenters. The number of hydrogen-bond acceptors (Lipinski definition) is 4. The Kier molecular flexibility index (Phi) is 7.44. The molecule has 0 heterocycles. The maximum Gasteiger partial charge on any atom is 0.321 e. The van der Waals surface area contributed by atoms with E-state index >= 15 is 0 Å². The molecule has 6 nitrogen and oxygen atoms in total. The Morgan fingerprint density at radius 1 is 1.08 bits per heavy atom. The maximum atomic E-state index is 11.8. The Balaban J connectivity index is 1.68. The summed E-state index contributed by atoms with van der Waals surface area (Å²) >= 11 is 0. The minimum absolute atomic E-state index is 0.156. The SMILES string of the molecule is CC(=O)CCc1ccc(OCC(=O)NC(=O)NC2CCCCC2)cc1. The molecule has 0 bridgehead atoms.